The Kier molecular flexibility index (Phi) is 6.22. The molecule has 1 heterocycles. The van der Waals surface area contributed by atoms with E-state index >= 15 is 0 Å². The second kappa shape index (κ2) is 10.9. The van der Waals surface area contributed by atoms with Crippen molar-refractivity contribution in [2.75, 3.05) is 0 Å². The van der Waals surface area contributed by atoms with Gasteiger partial charge in [0, 0.05) is 17.0 Å². The number of para-hydroxylation sites is 1. The van der Waals surface area contributed by atoms with Crippen molar-refractivity contribution >= 4 is 10.8 Å². The third-order valence-corrected chi connectivity index (χ3v) is 10.7. The van der Waals surface area contributed by atoms with Gasteiger partial charge in [0.1, 0.15) is 11.5 Å². The van der Waals surface area contributed by atoms with Crippen molar-refractivity contribution < 1.29 is 4.74 Å². The summed E-state index contributed by atoms with van der Waals surface area (Å²) < 4.78 is 6.49. The summed E-state index contributed by atoms with van der Waals surface area (Å²) in [6, 6.07) is 68.7. The maximum atomic E-state index is 6.49. The number of benzene rings is 8. The molecular formula is C48H32O. The number of fused-ring (bicyclic) bond motifs is 7. The summed E-state index contributed by atoms with van der Waals surface area (Å²) in [4.78, 5) is 0. The first-order valence-corrected chi connectivity index (χ1v) is 17.0. The molecule has 0 saturated carbocycles. The zero-order valence-corrected chi connectivity index (χ0v) is 26.9. The zero-order valence-electron chi connectivity index (χ0n) is 26.9. The molecule has 1 unspecified atom stereocenters. The molecule has 1 atom stereocenters. The van der Waals surface area contributed by atoms with Crippen LogP contribution in [-0.4, -0.2) is 0 Å². The molecule has 10 rings (SSSR count). The van der Waals surface area contributed by atoms with Crippen molar-refractivity contribution in [3.63, 3.8) is 0 Å². The van der Waals surface area contributed by atoms with Crippen molar-refractivity contribution in [1.82, 2.24) is 0 Å². The molecule has 0 saturated heterocycles. The molecule has 1 nitrogen and oxygen atoms in total. The molecule has 0 amide bonds. The maximum absolute atomic E-state index is 6.49. The fraction of sp³-hybridized carbons (Fsp3) is 0.0417. The van der Waals surface area contributed by atoms with Gasteiger partial charge >= 0.3 is 0 Å². The third kappa shape index (κ3) is 4.12. The molecule has 0 radical (unpaired) electrons. The van der Waals surface area contributed by atoms with Gasteiger partial charge in [0.25, 0.3) is 0 Å². The van der Waals surface area contributed by atoms with Crippen LogP contribution in [0.1, 0.15) is 44.9 Å². The predicted molar refractivity (Wildman–Crippen MR) is 201 cm³/mol. The molecule has 230 valence electrons. The number of hydrogen-bond donors (Lipinski definition) is 0. The van der Waals surface area contributed by atoms with Crippen molar-refractivity contribution in [2.45, 2.75) is 11.3 Å². The predicted octanol–water partition coefficient (Wildman–Crippen LogP) is 12.2. The number of hydrogen-bond acceptors (Lipinski definition) is 1. The second-order valence-electron chi connectivity index (χ2n) is 13.2. The van der Waals surface area contributed by atoms with E-state index < -0.39 is 5.41 Å². The molecule has 1 aliphatic carbocycles. The molecule has 0 N–H and O–H groups in total. The lowest BCUT2D eigenvalue weighted by atomic mass is 9.67. The van der Waals surface area contributed by atoms with Crippen molar-refractivity contribution in [3.05, 3.63) is 227 Å². The lowest BCUT2D eigenvalue weighted by molar-refractivity contribution is 0.454. The van der Waals surface area contributed by atoms with Gasteiger partial charge < -0.3 is 4.74 Å². The first-order valence-electron chi connectivity index (χ1n) is 17.0. The van der Waals surface area contributed by atoms with Crippen LogP contribution in [0.4, 0.5) is 0 Å². The van der Waals surface area contributed by atoms with Crippen LogP contribution in [0.2, 0.25) is 0 Å². The molecule has 8 aromatic rings. The van der Waals surface area contributed by atoms with Crippen molar-refractivity contribution in [2.24, 2.45) is 0 Å². The second-order valence-corrected chi connectivity index (χ2v) is 13.2. The summed E-state index contributed by atoms with van der Waals surface area (Å²) in [6.45, 7) is 0. The van der Waals surface area contributed by atoms with E-state index in [4.69, 9.17) is 4.74 Å². The minimum absolute atomic E-state index is 0.0680. The summed E-state index contributed by atoms with van der Waals surface area (Å²) in [7, 11) is 0. The minimum Gasteiger partial charge on any atom is -0.457 e. The quantitative estimate of drug-likeness (QED) is 0.189. The van der Waals surface area contributed by atoms with Gasteiger partial charge in [-0.15, -0.1) is 0 Å². The van der Waals surface area contributed by atoms with Crippen LogP contribution in [0.5, 0.6) is 11.5 Å². The highest BCUT2D eigenvalue weighted by Gasteiger charge is 2.46. The topological polar surface area (TPSA) is 9.23 Å². The first-order chi connectivity index (χ1) is 24.3. The van der Waals surface area contributed by atoms with Gasteiger partial charge in [0.05, 0.1) is 5.41 Å². The first kappa shape index (κ1) is 27.9. The van der Waals surface area contributed by atoms with Crippen LogP contribution in [-0.2, 0) is 5.41 Å². The Morgan fingerprint density at radius 1 is 0.429 bits per heavy atom. The van der Waals surface area contributed by atoms with E-state index in [1.54, 1.807) is 0 Å². The summed E-state index contributed by atoms with van der Waals surface area (Å²) in [5.41, 5.74) is 13.5. The largest absolute Gasteiger partial charge is 0.457 e. The van der Waals surface area contributed by atoms with E-state index in [0.29, 0.717) is 0 Å². The Hall–Kier alpha value is -6.18. The van der Waals surface area contributed by atoms with Crippen molar-refractivity contribution in [3.8, 4) is 33.8 Å². The van der Waals surface area contributed by atoms with E-state index in [1.165, 1.54) is 72.0 Å². The highest BCUT2D eigenvalue weighted by molar-refractivity contribution is 5.91. The van der Waals surface area contributed by atoms with Crippen LogP contribution in [0.3, 0.4) is 0 Å². The van der Waals surface area contributed by atoms with Gasteiger partial charge in [-0.05, 0) is 79.0 Å². The third-order valence-electron chi connectivity index (χ3n) is 10.7. The fourth-order valence-corrected chi connectivity index (χ4v) is 8.59. The Balaban J connectivity index is 1.14. The smallest absolute Gasteiger partial charge is 0.132 e. The molecule has 0 spiro atoms. The van der Waals surface area contributed by atoms with Gasteiger partial charge in [0.2, 0.25) is 0 Å². The Labute approximate surface area is 286 Å². The van der Waals surface area contributed by atoms with Crippen LogP contribution in [0.15, 0.2) is 188 Å². The van der Waals surface area contributed by atoms with Gasteiger partial charge in [-0.2, -0.15) is 0 Å². The highest BCUT2D eigenvalue weighted by atomic mass is 16.5. The van der Waals surface area contributed by atoms with Crippen LogP contribution >= 0.6 is 0 Å². The summed E-state index contributed by atoms with van der Waals surface area (Å²) in [5, 5.41) is 2.46. The average molecular weight is 625 g/mol. The lowest BCUT2D eigenvalue weighted by Crippen LogP contribution is -2.28. The normalized spacial score (nSPS) is 15.1. The monoisotopic (exact) mass is 624 g/mol. The highest BCUT2D eigenvalue weighted by Crippen LogP contribution is 2.57. The summed E-state index contributed by atoms with van der Waals surface area (Å²) >= 11 is 0. The maximum Gasteiger partial charge on any atom is 0.132 e. The average Bonchev–Trinajstić information content (AvgIpc) is 3.48. The Morgan fingerprint density at radius 2 is 1.06 bits per heavy atom. The van der Waals surface area contributed by atoms with E-state index in [9.17, 15) is 0 Å². The molecule has 1 heteroatoms. The molecule has 8 aromatic carbocycles. The molecule has 2 aliphatic rings. The van der Waals surface area contributed by atoms with Crippen LogP contribution < -0.4 is 4.74 Å². The lowest BCUT2D eigenvalue weighted by Gasteiger charge is -2.34. The SMILES string of the molecule is c1ccc(C2(c3ccccc3)c3ccccc3-c3ccc(-c4ccc(C5c6ccccc6Oc6ccc7ccccc7c65)cc4)cc32)cc1. The van der Waals surface area contributed by atoms with Gasteiger partial charge in [-0.1, -0.05) is 170 Å². The van der Waals surface area contributed by atoms with Gasteiger partial charge in [-0.3, -0.25) is 0 Å². The zero-order chi connectivity index (χ0) is 32.4. The molecule has 0 bridgehead atoms. The van der Waals surface area contributed by atoms with Crippen LogP contribution in [0.25, 0.3) is 33.0 Å². The molecule has 1 aliphatic heterocycles. The number of ether oxygens (including phenoxy) is 1. The fourth-order valence-electron chi connectivity index (χ4n) is 8.59. The van der Waals surface area contributed by atoms with E-state index in [2.05, 4.69) is 188 Å². The van der Waals surface area contributed by atoms with Gasteiger partial charge in [-0.25, -0.2) is 0 Å². The van der Waals surface area contributed by atoms with E-state index in [-0.39, 0.29) is 5.92 Å². The molecule has 0 aromatic heterocycles. The summed E-state index contributed by atoms with van der Waals surface area (Å²) in [5.74, 6) is 1.93. The number of rotatable bonds is 4. The Morgan fingerprint density at radius 3 is 1.86 bits per heavy atom. The van der Waals surface area contributed by atoms with Crippen LogP contribution in [0, 0.1) is 0 Å². The van der Waals surface area contributed by atoms with Gasteiger partial charge in [0.15, 0.2) is 0 Å². The molecule has 49 heavy (non-hydrogen) atoms. The Bertz CT molecular complexity index is 2470. The molecular weight excluding hydrogens is 593 g/mol. The molecule has 0 fully saturated rings. The van der Waals surface area contributed by atoms with E-state index in [0.717, 1.165) is 11.5 Å². The summed E-state index contributed by atoms with van der Waals surface area (Å²) in [6.07, 6.45) is 0. The van der Waals surface area contributed by atoms with Crippen molar-refractivity contribution in [1.29, 1.82) is 0 Å². The standard InChI is InChI=1S/C48H32O/c1-3-14-36(15-4-1)48(37-16-5-2-6-17-37)42-21-11-9-19-39(42)40-29-27-35(31-43(40)48)32-23-25-34(26-24-32)46-41-20-10-12-22-44(41)49-45-30-28-33-13-7-8-18-38(33)47(45)46/h1-31,46H. The van der Waals surface area contributed by atoms with E-state index in [1.807, 2.05) is 0 Å². The minimum atomic E-state index is -0.416.